The number of nitrogens with one attached hydrogen (secondary N) is 1. The third-order valence-corrected chi connectivity index (χ3v) is 7.15. The van der Waals surface area contributed by atoms with Gasteiger partial charge in [-0.25, -0.2) is 8.42 Å². The van der Waals surface area contributed by atoms with Crippen LogP contribution >= 0.6 is 0 Å². The van der Waals surface area contributed by atoms with Crippen molar-refractivity contribution in [1.82, 2.24) is 4.57 Å². The van der Waals surface area contributed by atoms with E-state index in [-0.39, 0.29) is 5.91 Å². The zero-order valence-corrected chi connectivity index (χ0v) is 20.2. The van der Waals surface area contributed by atoms with E-state index in [2.05, 4.69) is 28.9 Å². The van der Waals surface area contributed by atoms with E-state index < -0.39 is 16.1 Å². The molecule has 7 heteroatoms. The molecule has 1 aromatic heterocycles. The highest BCUT2D eigenvalue weighted by Crippen LogP contribution is 2.31. The van der Waals surface area contributed by atoms with E-state index in [1.54, 1.807) is 12.1 Å². The number of hydrogen-bond donors (Lipinski definition) is 1. The van der Waals surface area contributed by atoms with Crippen LogP contribution in [0.3, 0.4) is 0 Å². The number of hydrogen-bond acceptors (Lipinski definition) is 3. The number of nitrogens with zero attached hydrogens (tertiary/aromatic N) is 2. The van der Waals surface area contributed by atoms with E-state index in [4.69, 9.17) is 0 Å². The molecule has 0 aliphatic heterocycles. The Balaban J connectivity index is 1.71. The molecule has 0 aliphatic rings. The molecule has 0 unspecified atom stereocenters. The van der Waals surface area contributed by atoms with E-state index in [9.17, 15) is 13.2 Å². The van der Waals surface area contributed by atoms with Gasteiger partial charge in [0.2, 0.25) is 15.9 Å². The van der Waals surface area contributed by atoms with Gasteiger partial charge in [0.15, 0.2) is 0 Å². The van der Waals surface area contributed by atoms with Crippen molar-refractivity contribution in [2.45, 2.75) is 39.8 Å². The van der Waals surface area contributed by atoms with Gasteiger partial charge in [0.25, 0.3) is 0 Å². The third kappa shape index (κ3) is 4.33. The predicted octanol–water partition coefficient (Wildman–Crippen LogP) is 5.31. The molecule has 0 aliphatic carbocycles. The molecule has 1 atom stereocenters. The van der Waals surface area contributed by atoms with Crippen LogP contribution in [0.2, 0.25) is 0 Å². The van der Waals surface area contributed by atoms with E-state index in [0.717, 1.165) is 40.2 Å². The second-order valence-corrected chi connectivity index (χ2v) is 10.2. The van der Waals surface area contributed by atoms with Crippen LogP contribution in [-0.2, 0) is 21.4 Å². The summed E-state index contributed by atoms with van der Waals surface area (Å²) in [5.41, 5.74) is 4.38. The van der Waals surface area contributed by atoms with Gasteiger partial charge in [-0.1, -0.05) is 42.8 Å². The standard InChI is InChI=1S/C26H29N3O3S/c1-5-23(29(33(4,31)32)20-14-11-18(3)12-15-20)26(30)27-19-13-16-25-22(17-19)21-9-7-8-10-24(21)28(25)6-2/h7-17,23H,5-6H2,1-4H3,(H,27,30)/t23-/m1/s1. The van der Waals surface area contributed by atoms with Crippen LogP contribution in [0.5, 0.6) is 0 Å². The van der Waals surface area contributed by atoms with Gasteiger partial charge in [-0.3, -0.25) is 9.10 Å². The number of carbonyl (C=O) groups excluding carboxylic acids is 1. The van der Waals surface area contributed by atoms with Crippen molar-refractivity contribution in [2.24, 2.45) is 0 Å². The zero-order chi connectivity index (χ0) is 23.8. The van der Waals surface area contributed by atoms with Gasteiger partial charge in [-0.15, -0.1) is 0 Å². The van der Waals surface area contributed by atoms with E-state index in [0.29, 0.717) is 17.8 Å². The lowest BCUT2D eigenvalue weighted by Crippen LogP contribution is -2.47. The molecule has 4 aromatic rings. The summed E-state index contributed by atoms with van der Waals surface area (Å²) in [5.74, 6) is -0.359. The average Bonchev–Trinajstić information content (AvgIpc) is 3.10. The fourth-order valence-corrected chi connectivity index (χ4v) is 5.66. The first-order chi connectivity index (χ1) is 15.7. The highest BCUT2D eigenvalue weighted by atomic mass is 32.2. The number of amides is 1. The minimum absolute atomic E-state index is 0.337. The second kappa shape index (κ2) is 8.90. The summed E-state index contributed by atoms with van der Waals surface area (Å²) in [6, 6.07) is 20.3. The summed E-state index contributed by atoms with van der Waals surface area (Å²) in [4.78, 5) is 13.3. The molecule has 0 bridgehead atoms. The summed E-state index contributed by atoms with van der Waals surface area (Å²) in [6.45, 7) is 6.70. The van der Waals surface area contributed by atoms with Gasteiger partial charge in [0, 0.05) is 34.0 Å². The van der Waals surface area contributed by atoms with Crippen LogP contribution in [0.15, 0.2) is 66.7 Å². The minimum Gasteiger partial charge on any atom is -0.341 e. The number of rotatable bonds is 7. The van der Waals surface area contributed by atoms with Gasteiger partial charge in [-0.2, -0.15) is 0 Å². The summed E-state index contributed by atoms with van der Waals surface area (Å²) < 4.78 is 28.8. The van der Waals surface area contributed by atoms with Gasteiger partial charge < -0.3 is 9.88 Å². The number of para-hydroxylation sites is 1. The number of sulfonamides is 1. The molecule has 1 N–H and O–H groups in total. The van der Waals surface area contributed by atoms with E-state index in [1.807, 2.05) is 56.3 Å². The Morgan fingerprint density at radius 1 is 0.970 bits per heavy atom. The van der Waals surface area contributed by atoms with Crippen LogP contribution in [0.4, 0.5) is 11.4 Å². The van der Waals surface area contributed by atoms with Crippen molar-refractivity contribution >= 4 is 49.1 Å². The van der Waals surface area contributed by atoms with Crippen molar-refractivity contribution in [2.75, 3.05) is 15.9 Å². The van der Waals surface area contributed by atoms with E-state index in [1.165, 1.54) is 4.31 Å². The summed E-state index contributed by atoms with van der Waals surface area (Å²) in [5, 5.41) is 5.13. The predicted molar refractivity (Wildman–Crippen MR) is 136 cm³/mol. The zero-order valence-electron chi connectivity index (χ0n) is 19.4. The quantitative estimate of drug-likeness (QED) is 0.404. The van der Waals surface area contributed by atoms with Gasteiger partial charge >= 0.3 is 0 Å². The molecule has 3 aromatic carbocycles. The molecule has 6 nitrogen and oxygen atoms in total. The molecule has 33 heavy (non-hydrogen) atoms. The maximum absolute atomic E-state index is 13.3. The maximum atomic E-state index is 13.3. The Morgan fingerprint density at radius 3 is 2.27 bits per heavy atom. The number of aromatic nitrogens is 1. The largest absolute Gasteiger partial charge is 0.341 e. The Bertz CT molecular complexity index is 1420. The third-order valence-electron chi connectivity index (χ3n) is 5.97. The van der Waals surface area contributed by atoms with E-state index >= 15 is 0 Å². The molecule has 172 valence electrons. The molecule has 0 spiro atoms. The minimum atomic E-state index is -3.67. The topological polar surface area (TPSA) is 71.4 Å². The first-order valence-corrected chi connectivity index (χ1v) is 13.0. The number of benzene rings is 3. The lowest BCUT2D eigenvalue weighted by Gasteiger charge is -2.30. The van der Waals surface area contributed by atoms with Gasteiger partial charge in [0.1, 0.15) is 6.04 Å². The van der Waals surface area contributed by atoms with Crippen LogP contribution in [0.1, 0.15) is 25.8 Å². The molecular formula is C26H29N3O3S. The lowest BCUT2D eigenvalue weighted by molar-refractivity contribution is -0.117. The van der Waals surface area contributed by atoms with Crippen LogP contribution in [-0.4, -0.2) is 31.2 Å². The fourth-order valence-electron chi connectivity index (χ4n) is 4.45. The van der Waals surface area contributed by atoms with Crippen molar-refractivity contribution < 1.29 is 13.2 Å². The Morgan fingerprint density at radius 2 is 1.64 bits per heavy atom. The molecule has 0 fully saturated rings. The Labute approximate surface area is 194 Å². The number of aryl methyl sites for hydroxylation is 2. The molecule has 0 saturated carbocycles. The molecule has 1 amide bonds. The SMILES string of the molecule is CC[C@H](C(=O)Nc1ccc2c(c1)c1ccccc1n2CC)N(c1ccc(C)cc1)S(C)(=O)=O. The molecular weight excluding hydrogens is 434 g/mol. The summed E-state index contributed by atoms with van der Waals surface area (Å²) >= 11 is 0. The second-order valence-electron chi connectivity index (χ2n) is 8.30. The molecule has 0 radical (unpaired) electrons. The Kier molecular flexibility index (Phi) is 6.17. The summed E-state index contributed by atoms with van der Waals surface area (Å²) in [7, 11) is -3.67. The Hall–Kier alpha value is -3.32. The van der Waals surface area contributed by atoms with Gasteiger partial charge in [0.05, 0.1) is 11.9 Å². The number of carbonyl (C=O) groups is 1. The van der Waals surface area contributed by atoms with Gasteiger partial charge in [-0.05, 0) is 56.7 Å². The lowest BCUT2D eigenvalue weighted by atomic mass is 10.1. The smallest absolute Gasteiger partial charge is 0.248 e. The highest BCUT2D eigenvalue weighted by Gasteiger charge is 2.31. The first-order valence-electron chi connectivity index (χ1n) is 11.1. The van der Waals surface area contributed by atoms with Crippen LogP contribution in [0.25, 0.3) is 21.8 Å². The number of anilines is 2. The fraction of sp³-hybridized carbons (Fsp3) is 0.269. The molecule has 1 heterocycles. The van der Waals surface area contributed by atoms with Crippen molar-refractivity contribution in [3.63, 3.8) is 0 Å². The highest BCUT2D eigenvalue weighted by molar-refractivity contribution is 7.92. The molecule has 4 rings (SSSR count). The molecule has 0 saturated heterocycles. The monoisotopic (exact) mass is 463 g/mol. The maximum Gasteiger partial charge on any atom is 0.248 e. The van der Waals surface area contributed by atoms with Crippen molar-refractivity contribution in [3.8, 4) is 0 Å². The van der Waals surface area contributed by atoms with Crippen LogP contribution < -0.4 is 9.62 Å². The van der Waals surface area contributed by atoms with Crippen molar-refractivity contribution in [3.05, 3.63) is 72.3 Å². The first kappa shape index (κ1) is 22.9. The van der Waals surface area contributed by atoms with Crippen LogP contribution in [0, 0.1) is 6.92 Å². The normalized spacial score (nSPS) is 12.7. The van der Waals surface area contributed by atoms with Crippen molar-refractivity contribution in [1.29, 1.82) is 0 Å². The summed E-state index contributed by atoms with van der Waals surface area (Å²) in [6.07, 6.45) is 1.47. The number of fused-ring (bicyclic) bond motifs is 3. The average molecular weight is 464 g/mol.